The zero-order chi connectivity index (χ0) is 88.2. The number of rotatable bonds is 25. The van der Waals surface area contributed by atoms with Gasteiger partial charge in [0, 0.05) is 58.3 Å². The second-order valence-corrected chi connectivity index (χ2v) is 32.5. The lowest BCUT2D eigenvalue weighted by Gasteiger charge is -2.00. The van der Waals surface area contributed by atoms with Crippen molar-refractivity contribution in [2.45, 2.75) is 13.8 Å². The maximum absolute atomic E-state index is 10.6. The fourth-order valence-electron chi connectivity index (χ4n) is 13.7. The lowest BCUT2D eigenvalue weighted by Crippen LogP contribution is -1.97. The lowest BCUT2D eigenvalue weighted by molar-refractivity contribution is -0.121. The number of thiazole rings is 5. The number of nitrogens with zero attached hydrogens (tertiary/aromatic N) is 15. The van der Waals surface area contributed by atoms with E-state index in [0.717, 1.165) is 137 Å². The molecule has 0 aliphatic carbocycles. The number of aromatic nitrogens is 15. The predicted octanol–water partition coefficient (Wildman–Crippen LogP) is 21.7. The molecule has 10 heterocycles. The zero-order valence-electron chi connectivity index (χ0n) is 67.5. The highest BCUT2D eigenvalue weighted by Gasteiger charge is 2.24. The van der Waals surface area contributed by atoms with Gasteiger partial charge in [0.05, 0.1) is 61.1 Å². The Morgan fingerprint density at radius 2 is 0.555 bits per heavy atom. The summed E-state index contributed by atoms with van der Waals surface area (Å²) in [6.07, 6.45) is 13.4. The van der Waals surface area contributed by atoms with Crippen LogP contribution in [0, 0.1) is 3.57 Å². The van der Waals surface area contributed by atoms with Crippen LogP contribution in [0.4, 0.5) is 0 Å². The number of fused-ring (bicyclic) bond motifs is 5. The van der Waals surface area contributed by atoms with E-state index in [1.165, 1.54) is 56.7 Å². The monoisotopic (exact) mass is 1890 g/mol. The first-order valence-electron chi connectivity index (χ1n) is 39.0. The third-order valence-corrected chi connectivity index (χ3v) is 23.8. The van der Waals surface area contributed by atoms with Crippen molar-refractivity contribution in [3.05, 3.63) is 320 Å². The van der Waals surface area contributed by atoms with Gasteiger partial charge in [-0.3, -0.25) is 24.0 Å². The summed E-state index contributed by atoms with van der Waals surface area (Å²) in [6, 6.07) is 80.7. The number of hydrogen-bond donors (Lipinski definition) is 1. The van der Waals surface area contributed by atoms with Gasteiger partial charge < -0.3 is 28.8 Å². The first kappa shape index (κ1) is 86.2. The van der Waals surface area contributed by atoms with E-state index >= 15 is 0 Å². The van der Waals surface area contributed by atoms with Gasteiger partial charge in [-0.15, -0.1) is 0 Å². The highest BCUT2D eigenvalue weighted by Crippen LogP contribution is 2.40. The Labute approximate surface area is 763 Å². The molecule has 0 spiro atoms. The minimum atomic E-state index is -0.0224. The van der Waals surface area contributed by atoms with Crippen LogP contribution in [0.3, 0.4) is 0 Å². The molecule has 0 amide bonds. The molecule has 630 valence electrons. The number of carbonyl (C=O) groups excluding carboxylic acids is 5. The molecule has 0 fully saturated rings. The van der Waals surface area contributed by atoms with Gasteiger partial charge in [-0.1, -0.05) is 282 Å². The van der Waals surface area contributed by atoms with Crippen LogP contribution in [0.2, 0.25) is 0 Å². The van der Waals surface area contributed by atoms with Crippen LogP contribution < -0.4 is 23.7 Å². The highest BCUT2D eigenvalue weighted by atomic mass is 127. The van der Waals surface area contributed by atoms with Crippen molar-refractivity contribution in [2.24, 2.45) is 0 Å². The van der Waals surface area contributed by atoms with Crippen molar-refractivity contribution in [2.75, 3.05) is 6.61 Å². The number of aliphatic hydroxyl groups excluding tert-OH is 1. The Balaban J connectivity index is 0.000000118. The average Bonchev–Trinajstić information content (AvgIpc) is 1.64. The van der Waals surface area contributed by atoms with Gasteiger partial charge in [-0.05, 0) is 125 Å². The molecule has 128 heavy (non-hydrogen) atoms. The van der Waals surface area contributed by atoms with E-state index < -0.39 is 0 Å². The fourth-order valence-corrected chi connectivity index (χ4v) is 17.6. The third kappa shape index (κ3) is 19.5. The molecule has 1 N–H and O–H groups in total. The Bertz CT molecular complexity index is 7260. The summed E-state index contributed by atoms with van der Waals surface area (Å²) in [4.78, 5) is 74.3. The van der Waals surface area contributed by atoms with Crippen molar-refractivity contribution in [1.82, 2.24) is 73.8 Å². The van der Waals surface area contributed by atoms with Crippen LogP contribution in [-0.2, 0) is 24.0 Å². The number of hydrogen-bond acceptors (Lipinski definition) is 26. The minimum absolute atomic E-state index is 0.0224. The quantitative estimate of drug-likeness (QED) is 0.0410. The van der Waals surface area contributed by atoms with Crippen molar-refractivity contribution in [3.63, 3.8) is 0 Å². The van der Waals surface area contributed by atoms with Crippen molar-refractivity contribution in [1.29, 1.82) is 0 Å². The molecule has 0 atom stereocenters. The summed E-state index contributed by atoms with van der Waals surface area (Å²) in [6.45, 7) is 9.63. The van der Waals surface area contributed by atoms with Crippen LogP contribution in [0.25, 0.3) is 161 Å². The third-order valence-electron chi connectivity index (χ3n) is 19.2. The van der Waals surface area contributed by atoms with E-state index in [2.05, 4.69) is 109 Å². The van der Waals surface area contributed by atoms with Crippen LogP contribution in [-0.4, -0.2) is 118 Å². The molecule has 0 saturated heterocycles. The Morgan fingerprint density at radius 1 is 0.320 bits per heavy atom. The molecule has 20 aromatic rings. The maximum atomic E-state index is 10.6. The standard InChI is InChI=1S/C20H15N3O3S.2C20H15N3O2S.C19H13N3O2S.C17H10IN3O2S/c24-10-4-5-14-8-9-16-17(11-14)23(20-21-18(12-27-20)26-13-25)22-19(16)15-6-2-1-3-7-15;2*1-2-6-14-9-10-16-17(11-14)23(20-21-18(12-26-20)25-13-24)22-19(16)15-7-4-3-5-8-15;1-2-13-8-9-15-16(10-13)22(19-20-17(11-25-19)24-12-23)21-18(15)14-6-4-3-5-7-14;18-12-6-7-13-14(8-12)21(17-19-15(9-24-17)23-10-22)20-16(13)11-4-2-1-3-5-11/h1-9,11-13,24H,10H2;2*2-13H,1H3;2-12H,1H2;1-10H/b5-4+;6-2+;6-2-;;. The number of allylic oxidation sites excluding steroid dienone is 2. The Morgan fingerprint density at radius 3 is 0.797 bits per heavy atom. The molecule has 32 heteroatoms. The lowest BCUT2D eigenvalue weighted by atomic mass is 10.1. The van der Waals surface area contributed by atoms with Crippen LogP contribution >= 0.6 is 79.3 Å². The SMILES string of the molecule is C/C=C/c1ccc2c(-c3ccccc3)nn(-c3nc(OC=O)cs3)c2c1.C/C=C\c1ccc2c(-c3ccccc3)nn(-c3nc(OC=O)cs3)c2c1.C=Cc1ccc2c(-c3ccccc3)nn(-c3nc(OC=O)cs3)c2c1.O=COc1csc(-n2nc(-c3ccccc3)c3ccc(/C=C/CO)cc32)n1.O=COc1csc(-n2nc(-c3ccccc3)c3ccc(I)cc32)n1. The number of ether oxygens (including phenoxy) is 5. The van der Waals surface area contributed by atoms with E-state index in [1.54, 1.807) is 62.5 Å². The summed E-state index contributed by atoms with van der Waals surface area (Å²) < 4.78 is 34.2. The molecule has 10 aromatic carbocycles. The van der Waals surface area contributed by atoms with Crippen LogP contribution in [0.15, 0.2) is 294 Å². The molecule has 0 saturated carbocycles. The number of aliphatic hydroxyl groups is 1. The molecule has 0 aliphatic heterocycles. The highest BCUT2D eigenvalue weighted by molar-refractivity contribution is 14.1. The molecule has 0 unspecified atom stereocenters. The van der Waals surface area contributed by atoms with Gasteiger partial charge in [-0.2, -0.15) is 50.4 Å². The first-order chi connectivity index (χ1) is 62.9. The van der Waals surface area contributed by atoms with Gasteiger partial charge in [-0.25, -0.2) is 23.4 Å². The summed E-state index contributed by atoms with van der Waals surface area (Å²) in [5.41, 5.74) is 18.3. The summed E-state index contributed by atoms with van der Waals surface area (Å²) in [7, 11) is 0. The Kier molecular flexibility index (Phi) is 27.6. The van der Waals surface area contributed by atoms with Crippen LogP contribution in [0.1, 0.15) is 36.1 Å². The molecule has 0 radical (unpaired) electrons. The fraction of sp³-hybridized carbons (Fsp3) is 0.0312. The van der Waals surface area contributed by atoms with Gasteiger partial charge in [0.1, 0.15) is 28.5 Å². The van der Waals surface area contributed by atoms with Gasteiger partial charge in [0.15, 0.2) is 0 Å². The summed E-state index contributed by atoms with van der Waals surface area (Å²) in [5, 5.41) is 49.6. The number of halogens is 1. The molecule has 10 aromatic heterocycles. The smallest absolute Gasteiger partial charge is 0.299 e. The van der Waals surface area contributed by atoms with Gasteiger partial charge in [0.25, 0.3) is 32.4 Å². The molecule has 26 nitrogen and oxygen atoms in total. The van der Waals surface area contributed by atoms with Crippen molar-refractivity contribution >= 4 is 190 Å². The Hall–Kier alpha value is -15.3. The molecular formula is C96H68IN15O11S5. The molecule has 0 bridgehead atoms. The predicted molar refractivity (Wildman–Crippen MR) is 513 cm³/mol. The van der Waals surface area contributed by atoms with E-state index in [9.17, 15) is 24.0 Å². The number of carbonyl (C=O) groups is 5. The van der Waals surface area contributed by atoms with E-state index in [1.807, 2.05) is 232 Å². The van der Waals surface area contributed by atoms with Crippen molar-refractivity contribution in [3.8, 4) is 111 Å². The van der Waals surface area contributed by atoms with Gasteiger partial charge in [0.2, 0.25) is 55.1 Å². The minimum Gasteiger partial charge on any atom is -0.409 e. The van der Waals surface area contributed by atoms with Gasteiger partial charge >= 0.3 is 0 Å². The topological polar surface area (TPSA) is 305 Å². The van der Waals surface area contributed by atoms with Crippen molar-refractivity contribution < 1.29 is 52.8 Å². The average molecular weight is 1890 g/mol. The van der Waals surface area contributed by atoms with Crippen LogP contribution in [0.5, 0.6) is 29.4 Å². The number of benzene rings is 10. The van der Waals surface area contributed by atoms with E-state index in [0.29, 0.717) is 58.0 Å². The second kappa shape index (κ2) is 41.0. The summed E-state index contributed by atoms with van der Waals surface area (Å²) >= 11 is 9.09. The first-order valence-corrected chi connectivity index (χ1v) is 44.5. The molecular weight excluding hydrogens is 1830 g/mol. The van der Waals surface area contributed by atoms with E-state index in [-0.39, 0.29) is 36.0 Å². The normalized spacial score (nSPS) is 11.1. The molecule has 0 aliphatic rings. The second-order valence-electron chi connectivity index (χ2n) is 27.1. The maximum Gasteiger partial charge on any atom is 0.299 e. The zero-order valence-corrected chi connectivity index (χ0v) is 73.7. The molecule has 20 rings (SSSR count). The van der Waals surface area contributed by atoms with E-state index in [4.69, 9.17) is 54.3 Å². The largest absolute Gasteiger partial charge is 0.409 e. The summed E-state index contributed by atoms with van der Waals surface area (Å²) in [5.74, 6) is 1.33.